The molecule has 2 heterocycles. The van der Waals surface area contributed by atoms with Crippen LogP contribution in [0.1, 0.15) is 37.1 Å². The molecule has 3 rings (SSSR count). The molecule has 0 amide bonds. The highest BCUT2D eigenvalue weighted by Crippen LogP contribution is 2.38. The summed E-state index contributed by atoms with van der Waals surface area (Å²) < 4.78 is 2.06. The monoisotopic (exact) mass is 206 g/mol. The van der Waals surface area contributed by atoms with Gasteiger partial charge in [0.25, 0.3) is 0 Å². The van der Waals surface area contributed by atoms with Crippen molar-refractivity contribution in [2.24, 2.45) is 0 Å². The SMILES string of the molecule is CCN1CCc2c(nn(C3CC3)c2N)C1. The largest absolute Gasteiger partial charge is 0.384 e. The number of fused-ring (bicyclic) bond motifs is 1. The van der Waals surface area contributed by atoms with Crippen molar-refractivity contribution < 1.29 is 0 Å². The van der Waals surface area contributed by atoms with Gasteiger partial charge in [-0.3, -0.25) is 4.90 Å². The van der Waals surface area contributed by atoms with E-state index in [0.29, 0.717) is 6.04 Å². The molecule has 82 valence electrons. The minimum atomic E-state index is 0.602. The summed E-state index contributed by atoms with van der Waals surface area (Å²) in [6, 6.07) is 0.602. The lowest BCUT2D eigenvalue weighted by Crippen LogP contribution is -2.30. The molecule has 4 heteroatoms. The Morgan fingerprint density at radius 2 is 2.27 bits per heavy atom. The van der Waals surface area contributed by atoms with Crippen LogP contribution in [-0.4, -0.2) is 27.8 Å². The molecule has 0 aromatic carbocycles. The molecule has 1 aromatic rings. The molecule has 15 heavy (non-hydrogen) atoms. The van der Waals surface area contributed by atoms with Gasteiger partial charge in [-0.1, -0.05) is 6.92 Å². The number of nitrogens with two attached hydrogens (primary N) is 1. The van der Waals surface area contributed by atoms with Gasteiger partial charge < -0.3 is 5.73 Å². The summed E-state index contributed by atoms with van der Waals surface area (Å²) in [5, 5.41) is 4.66. The Morgan fingerprint density at radius 1 is 1.47 bits per heavy atom. The van der Waals surface area contributed by atoms with Crippen molar-refractivity contribution in [1.29, 1.82) is 0 Å². The number of hydrogen-bond acceptors (Lipinski definition) is 3. The van der Waals surface area contributed by atoms with Gasteiger partial charge >= 0.3 is 0 Å². The fourth-order valence-corrected chi connectivity index (χ4v) is 2.36. The maximum atomic E-state index is 6.13. The second-order valence-corrected chi connectivity index (χ2v) is 4.60. The van der Waals surface area contributed by atoms with E-state index in [1.807, 2.05) is 0 Å². The Labute approximate surface area is 90.0 Å². The predicted octanol–water partition coefficient (Wildman–Crippen LogP) is 1.18. The van der Waals surface area contributed by atoms with Crippen LogP contribution >= 0.6 is 0 Å². The summed E-state index contributed by atoms with van der Waals surface area (Å²) in [6.45, 7) is 5.42. The average Bonchev–Trinajstić information content (AvgIpc) is 3.04. The van der Waals surface area contributed by atoms with Crippen LogP contribution in [-0.2, 0) is 13.0 Å². The molecule has 0 unspecified atom stereocenters. The van der Waals surface area contributed by atoms with Crippen LogP contribution in [0.15, 0.2) is 0 Å². The summed E-state index contributed by atoms with van der Waals surface area (Å²) in [5.74, 6) is 0.934. The molecule has 2 N–H and O–H groups in total. The molecule has 1 aliphatic carbocycles. The molecule has 0 spiro atoms. The highest BCUT2D eigenvalue weighted by Gasteiger charge is 2.30. The topological polar surface area (TPSA) is 47.1 Å². The number of rotatable bonds is 2. The Bertz CT molecular complexity index is 378. The van der Waals surface area contributed by atoms with Crippen molar-refractivity contribution in [3.8, 4) is 0 Å². The van der Waals surface area contributed by atoms with E-state index in [9.17, 15) is 0 Å². The molecular weight excluding hydrogens is 188 g/mol. The quantitative estimate of drug-likeness (QED) is 0.790. The molecular formula is C11H18N4. The van der Waals surface area contributed by atoms with Crippen LogP contribution in [0.4, 0.5) is 5.82 Å². The Balaban J connectivity index is 1.93. The zero-order valence-corrected chi connectivity index (χ0v) is 9.24. The van der Waals surface area contributed by atoms with Crippen molar-refractivity contribution in [3.05, 3.63) is 11.3 Å². The van der Waals surface area contributed by atoms with Crippen LogP contribution in [0.2, 0.25) is 0 Å². The Hall–Kier alpha value is -1.03. The van der Waals surface area contributed by atoms with E-state index in [1.54, 1.807) is 0 Å². The van der Waals surface area contributed by atoms with E-state index >= 15 is 0 Å². The van der Waals surface area contributed by atoms with Crippen molar-refractivity contribution in [3.63, 3.8) is 0 Å². The molecule has 2 aliphatic rings. The van der Waals surface area contributed by atoms with Gasteiger partial charge in [0, 0.05) is 18.7 Å². The highest BCUT2D eigenvalue weighted by atomic mass is 15.4. The number of hydrogen-bond donors (Lipinski definition) is 1. The summed E-state index contributed by atoms with van der Waals surface area (Å²) in [6.07, 6.45) is 3.58. The maximum absolute atomic E-state index is 6.13. The summed E-state index contributed by atoms with van der Waals surface area (Å²) >= 11 is 0. The van der Waals surface area contributed by atoms with E-state index < -0.39 is 0 Å². The smallest absolute Gasteiger partial charge is 0.125 e. The third-order valence-corrected chi connectivity index (χ3v) is 3.52. The van der Waals surface area contributed by atoms with Crippen LogP contribution in [0.25, 0.3) is 0 Å². The van der Waals surface area contributed by atoms with E-state index in [1.165, 1.54) is 24.1 Å². The summed E-state index contributed by atoms with van der Waals surface area (Å²) in [7, 11) is 0. The van der Waals surface area contributed by atoms with E-state index in [-0.39, 0.29) is 0 Å². The van der Waals surface area contributed by atoms with Gasteiger partial charge in [-0.2, -0.15) is 5.10 Å². The third kappa shape index (κ3) is 1.44. The van der Waals surface area contributed by atoms with E-state index in [4.69, 9.17) is 5.73 Å². The molecule has 0 radical (unpaired) electrons. The van der Waals surface area contributed by atoms with Crippen molar-refractivity contribution >= 4 is 5.82 Å². The second kappa shape index (κ2) is 3.23. The van der Waals surface area contributed by atoms with Gasteiger partial charge in [-0.15, -0.1) is 0 Å². The average molecular weight is 206 g/mol. The number of anilines is 1. The maximum Gasteiger partial charge on any atom is 0.125 e. The first-order valence-electron chi connectivity index (χ1n) is 5.87. The fraction of sp³-hybridized carbons (Fsp3) is 0.727. The summed E-state index contributed by atoms with van der Waals surface area (Å²) in [5.41, 5.74) is 8.66. The lowest BCUT2D eigenvalue weighted by Gasteiger charge is -2.24. The van der Waals surface area contributed by atoms with E-state index in [0.717, 1.165) is 31.9 Å². The Morgan fingerprint density at radius 3 is 2.93 bits per heavy atom. The highest BCUT2D eigenvalue weighted by molar-refractivity contribution is 5.45. The van der Waals surface area contributed by atoms with Gasteiger partial charge in [0.2, 0.25) is 0 Å². The van der Waals surface area contributed by atoms with Crippen molar-refractivity contribution in [2.45, 2.75) is 38.8 Å². The first kappa shape index (κ1) is 9.21. The second-order valence-electron chi connectivity index (χ2n) is 4.60. The van der Waals surface area contributed by atoms with Crippen LogP contribution in [0, 0.1) is 0 Å². The Kier molecular flexibility index (Phi) is 1.99. The lowest BCUT2D eigenvalue weighted by molar-refractivity contribution is 0.264. The van der Waals surface area contributed by atoms with Crippen LogP contribution in [0.5, 0.6) is 0 Å². The van der Waals surface area contributed by atoms with Crippen molar-refractivity contribution in [1.82, 2.24) is 14.7 Å². The lowest BCUT2D eigenvalue weighted by atomic mass is 10.1. The predicted molar refractivity (Wildman–Crippen MR) is 59.6 cm³/mol. The normalized spacial score (nSPS) is 21.7. The van der Waals surface area contributed by atoms with Crippen LogP contribution in [0.3, 0.4) is 0 Å². The molecule has 1 aliphatic heterocycles. The van der Waals surface area contributed by atoms with Crippen molar-refractivity contribution in [2.75, 3.05) is 18.8 Å². The molecule has 0 atom stereocenters. The zero-order valence-electron chi connectivity index (χ0n) is 9.24. The van der Waals surface area contributed by atoms with Gasteiger partial charge in [0.05, 0.1) is 11.7 Å². The van der Waals surface area contributed by atoms with Gasteiger partial charge in [-0.25, -0.2) is 4.68 Å². The third-order valence-electron chi connectivity index (χ3n) is 3.52. The molecule has 1 fully saturated rings. The molecule has 1 aromatic heterocycles. The molecule has 4 nitrogen and oxygen atoms in total. The molecule has 0 bridgehead atoms. The number of aromatic nitrogens is 2. The number of nitrogens with zero attached hydrogens (tertiary/aromatic N) is 3. The summed E-state index contributed by atoms with van der Waals surface area (Å²) in [4.78, 5) is 2.42. The van der Waals surface area contributed by atoms with E-state index in [2.05, 4.69) is 21.6 Å². The van der Waals surface area contributed by atoms with Crippen LogP contribution < -0.4 is 5.73 Å². The minimum absolute atomic E-state index is 0.602. The van der Waals surface area contributed by atoms with Gasteiger partial charge in [0.1, 0.15) is 5.82 Å². The molecule has 0 saturated heterocycles. The zero-order chi connectivity index (χ0) is 10.4. The van der Waals surface area contributed by atoms with Gasteiger partial charge in [0.15, 0.2) is 0 Å². The number of nitrogen functional groups attached to an aromatic ring is 1. The first-order chi connectivity index (χ1) is 7.29. The molecule has 1 saturated carbocycles. The first-order valence-corrected chi connectivity index (χ1v) is 5.87. The number of likely N-dealkylation sites (N-methyl/N-ethyl adjacent to an activating group) is 1. The van der Waals surface area contributed by atoms with Gasteiger partial charge in [-0.05, 0) is 25.8 Å². The fourth-order valence-electron chi connectivity index (χ4n) is 2.36. The standard InChI is InChI=1S/C11H18N4/c1-2-14-6-5-9-10(7-14)13-15(11(9)12)8-3-4-8/h8H,2-7,12H2,1H3. The minimum Gasteiger partial charge on any atom is -0.384 e.